The molecule has 0 aliphatic rings. The summed E-state index contributed by atoms with van der Waals surface area (Å²) in [4.78, 5) is 10.9. The van der Waals surface area contributed by atoms with Crippen molar-refractivity contribution < 1.29 is 9.90 Å². The lowest BCUT2D eigenvalue weighted by Gasteiger charge is -2.05. The molecule has 0 aromatic carbocycles. The van der Waals surface area contributed by atoms with Crippen LogP contribution < -0.4 is 11.1 Å². The quantitative estimate of drug-likeness (QED) is 0.547. The molecule has 1 aromatic rings. The molecule has 1 aromatic heterocycles. The van der Waals surface area contributed by atoms with Gasteiger partial charge in [-0.25, -0.2) is 0 Å². The highest BCUT2D eigenvalue weighted by Crippen LogP contribution is 1.99. The molecule has 1 rings (SSSR count). The smallest absolute Gasteiger partial charge is 0.234 e. The molecule has 0 bridgehead atoms. The summed E-state index contributed by atoms with van der Waals surface area (Å²) in [5, 5.41) is 19.2. The maximum absolute atomic E-state index is 10.9. The van der Waals surface area contributed by atoms with Gasteiger partial charge in [-0.05, 0) is 5.92 Å². The van der Waals surface area contributed by atoms with E-state index in [-0.39, 0.29) is 25.0 Å². The van der Waals surface area contributed by atoms with Gasteiger partial charge in [-0.15, -0.1) is 5.10 Å². The molecule has 0 aliphatic heterocycles. The largest absolute Gasteiger partial charge is 0.396 e. The molecular formula is C9H17N5O2. The van der Waals surface area contributed by atoms with E-state index in [1.807, 2.05) is 6.92 Å². The second-order valence-corrected chi connectivity index (χ2v) is 3.70. The van der Waals surface area contributed by atoms with Gasteiger partial charge < -0.3 is 16.2 Å². The van der Waals surface area contributed by atoms with Crippen molar-refractivity contribution in [2.75, 3.05) is 13.2 Å². The topological polar surface area (TPSA) is 106 Å². The Kier molecular flexibility index (Phi) is 4.87. The summed E-state index contributed by atoms with van der Waals surface area (Å²) in [6.07, 6.45) is 1.74. The monoisotopic (exact) mass is 227 g/mol. The van der Waals surface area contributed by atoms with Gasteiger partial charge in [0.2, 0.25) is 5.91 Å². The van der Waals surface area contributed by atoms with Gasteiger partial charge in [0.15, 0.2) is 0 Å². The summed E-state index contributed by atoms with van der Waals surface area (Å²) in [6.45, 7) is 2.92. The van der Waals surface area contributed by atoms with Gasteiger partial charge in [0, 0.05) is 13.2 Å². The third-order valence-electron chi connectivity index (χ3n) is 2.05. The van der Waals surface area contributed by atoms with E-state index in [1.165, 1.54) is 0 Å². The van der Waals surface area contributed by atoms with Crippen LogP contribution in [-0.2, 0) is 17.9 Å². The maximum Gasteiger partial charge on any atom is 0.234 e. The number of hydrogen-bond acceptors (Lipinski definition) is 5. The van der Waals surface area contributed by atoms with Crippen LogP contribution in [0.25, 0.3) is 0 Å². The second kappa shape index (κ2) is 6.19. The molecule has 90 valence electrons. The van der Waals surface area contributed by atoms with Crippen LogP contribution in [0, 0.1) is 5.92 Å². The molecular weight excluding hydrogens is 210 g/mol. The molecule has 1 unspecified atom stereocenters. The number of nitrogens with two attached hydrogens (primary N) is 1. The molecule has 1 atom stereocenters. The third kappa shape index (κ3) is 3.95. The zero-order valence-electron chi connectivity index (χ0n) is 9.26. The second-order valence-electron chi connectivity index (χ2n) is 3.70. The number of rotatable bonds is 6. The molecule has 7 heteroatoms. The number of aromatic nitrogens is 3. The van der Waals surface area contributed by atoms with Crippen molar-refractivity contribution in [3.63, 3.8) is 0 Å². The number of carbonyl (C=O) groups excluding carboxylic acids is 1. The Morgan fingerprint density at radius 3 is 3.12 bits per heavy atom. The van der Waals surface area contributed by atoms with Crippen molar-refractivity contribution in [3.05, 3.63) is 11.9 Å². The summed E-state index contributed by atoms with van der Waals surface area (Å²) >= 11 is 0. The molecule has 0 radical (unpaired) electrons. The van der Waals surface area contributed by atoms with Crippen LogP contribution in [0.15, 0.2) is 6.20 Å². The van der Waals surface area contributed by atoms with E-state index in [4.69, 9.17) is 10.8 Å². The Hall–Kier alpha value is -1.47. The van der Waals surface area contributed by atoms with Gasteiger partial charge in [0.05, 0.1) is 19.3 Å². The standard InChI is InChI=1S/C9H17N5O2/c1-7(6-15)4-14-5-8(12-13-14)3-11-9(16)2-10/h5,7,15H,2-4,6,10H2,1H3,(H,11,16). The first-order valence-electron chi connectivity index (χ1n) is 5.12. The van der Waals surface area contributed by atoms with Gasteiger partial charge in [0.1, 0.15) is 5.69 Å². The first-order valence-corrected chi connectivity index (χ1v) is 5.12. The van der Waals surface area contributed by atoms with Crippen molar-refractivity contribution >= 4 is 5.91 Å². The molecule has 7 nitrogen and oxygen atoms in total. The van der Waals surface area contributed by atoms with E-state index in [1.54, 1.807) is 10.9 Å². The SMILES string of the molecule is CC(CO)Cn1cc(CNC(=O)CN)nn1. The predicted molar refractivity (Wildman–Crippen MR) is 57.2 cm³/mol. The van der Waals surface area contributed by atoms with E-state index in [0.29, 0.717) is 18.8 Å². The Bertz CT molecular complexity index is 338. The molecule has 0 saturated heterocycles. The van der Waals surface area contributed by atoms with Crippen LogP contribution in [0.1, 0.15) is 12.6 Å². The number of nitrogens with zero attached hydrogens (tertiary/aromatic N) is 3. The fourth-order valence-electron chi connectivity index (χ4n) is 1.15. The average molecular weight is 227 g/mol. The van der Waals surface area contributed by atoms with Gasteiger partial charge in [-0.1, -0.05) is 12.1 Å². The van der Waals surface area contributed by atoms with Crippen molar-refractivity contribution in [3.8, 4) is 0 Å². The molecule has 1 amide bonds. The highest BCUT2D eigenvalue weighted by molar-refractivity contribution is 5.77. The Labute approximate surface area is 93.6 Å². The first-order chi connectivity index (χ1) is 7.65. The van der Waals surface area contributed by atoms with Crippen LogP contribution in [0.5, 0.6) is 0 Å². The van der Waals surface area contributed by atoms with Crippen LogP contribution in [0.3, 0.4) is 0 Å². The molecule has 0 saturated carbocycles. The maximum atomic E-state index is 10.9. The van der Waals surface area contributed by atoms with Crippen LogP contribution in [0.4, 0.5) is 0 Å². The zero-order chi connectivity index (χ0) is 12.0. The Balaban J connectivity index is 2.42. The number of aliphatic hydroxyl groups is 1. The fraction of sp³-hybridized carbons (Fsp3) is 0.667. The summed E-state index contributed by atoms with van der Waals surface area (Å²) in [5.41, 5.74) is 5.82. The van der Waals surface area contributed by atoms with E-state index in [0.717, 1.165) is 0 Å². The van der Waals surface area contributed by atoms with E-state index in [2.05, 4.69) is 15.6 Å². The van der Waals surface area contributed by atoms with Crippen molar-refractivity contribution in [1.82, 2.24) is 20.3 Å². The summed E-state index contributed by atoms with van der Waals surface area (Å²) < 4.78 is 1.64. The van der Waals surface area contributed by atoms with E-state index >= 15 is 0 Å². The van der Waals surface area contributed by atoms with Gasteiger partial charge in [-0.2, -0.15) is 0 Å². The first kappa shape index (κ1) is 12.6. The lowest BCUT2D eigenvalue weighted by atomic mass is 10.2. The summed E-state index contributed by atoms with van der Waals surface area (Å²) in [7, 11) is 0. The normalized spacial score (nSPS) is 12.4. The van der Waals surface area contributed by atoms with Gasteiger partial charge in [0.25, 0.3) is 0 Å². The fourth-order valence-corrected chi connectivity index (χ4v) is 1.15. The predicted octanol–water partition coefficient (Wildman–Crippen LogP) is -1.52. The number of nitrogens with one attached hydrogen (secondary N) is 1. The Morgan fingerprint density at radius 1 is 1.75 bits per heavy atom. The van der Waals surface area contributed by atoms with Gasteiger partial charge in [-0.3, -0.25) is 9.48 Å². The Morgan fingerprint density at radius 2 is 2.50 bits per heavy atom. The van der Waals surface area contributed by atoms with Gasteiger partial charge >= 0.3 is 0 Å². The lowest BCUT2D eigenvalue weighted by molar-refractivity contribution is -0.119. The van der Waals surface area contributed by atoms with Crippen LogP contribution >= 0.6 is 0 Å². The van der Waals surface area contributed by atoms with E-state index in [9.17, 15) is 4.79 Å². The molecule has 16 heavy (non-hydrogen) atoms. The highest BCUT2D eigenvalue weighted by Gasteiger charge is 2.05. The van der Waals surface area contributed by atoms with Crippen molar-refractivity contribution in [1.29, 1.82) is 0 Å². The molecule has 1 heterocycles. The van der Waals surface area contributed by atoms with Crippen molar-refractivity contribution in [2.24, 2.45) is 11.7 Å². The number of amides is 1. The molecule has 0 spiro atoms. The minimum Gasteiger partial charge on any atom is -0.396 e. The number of hydrogen-bond donors (Lipinski definition) is 3. The highest BCUT2D eigenvalue weighted by atomic mass is 16.3. The number of carbonyl (C=O) groups is 1. The minimum atomic E-state index is -0.224. The third-order valence-corrected chi connectivity index (χ3v) is 2.05. The summed E-state index contributed by atoms with van der Waals surface area (Å²) in [6, 6.07) is 0. The van der Waals surface area contributed by atoms with Crippen LogP contribution in [0.2, 0.25) is 0 Å². The molecule has 0 aliphatic carbocycles. The zero-order valence-corrected chi connectivity index (χ0v) is 9.26. The van der Waals surface area contributed by atoms with Crippen LogP contribution in [-0.4, -0.2) is 39.2 Å². The van der Waals surface area contributed by atoms with E-state index < -0.39 is 0 Å². The minimum absolute atomic E-state index is 0.0321. The molecule has 0 fully saturated rings. The molecule has 4 N–H and O–H groups in total. The van der Waals surface area contributed by atoms with Crippen molar-refractivity contribution in [2.45, 2.75) is 20.0 Å². The number of aliphatic hydroxyl groups excluding tert-OH is 1. The lowest BCUT2D eigenvalue weighted by Crippen LogP contribution is -2.29. The summed E-state index contributed by atoms with van der Waals surface area (Å²) in [5.74, 6) is -0.0912. The average Bonchev–Trinajstić information content (AvgIpc) is 2.73.